The molecule has 3 aromatic rings. The molecule has 1 aromatic heterocycles. The summed E-state index contributed by atoms with van der Waals surface area (Å²) in [6.45, 7) is 4.30. The Bertz CT molecular complexity index is 1340. The largest absolute Gasteiger partial charge is 0.457 e. The first-order valence-corrected chi connectivity index (χ1v) is 10.5. The summed E-state index contributed by atoms with van der Waals surface area (Å²) >= 11 is 0. The topological polar surface area (TPSA) is 103 Å². The third-order valence-corrected chi connectivity index (χ3v) is 5.81. The fourth-order valence-electron chi connectivity index (χ4n) is 3.86. The molecule has 0 saturated carbocycles. The van der Waals surface area contributed by atoms with E-state index in [1.807, 2.05) is 26.0 Å². The van der Waals surface area contributed by atoms with Crippen molar-refractivity contribution in [3.63, 3.8) is 0 Å². The number of fused-ring (bicyclic) bond motifs is 2. The van der Waals surface area contributed by atoms with Gasteiger partial charge in [0.1, 0.15) is 12.2 Å². The van der Waals surface area contributed by atoms with Crippen LogP contribution in [0.1, 0.15) is 54.2 Å². The lowest BCUT2D eigenvalue weighted by Crippen LogP contribution is -2.31. The lowest BCUT2D eigenvalue weighted by Gasteiger charge is -2.12. The Labute approximate surface area is 189 Å². The van der Waals surface area contributed by atoms with Crippen LogP contribution in [0.2, 0.25) is 0 Å². The van der Waals surface area contributed by atoms with Crippen molar-refractivity contribution >= 4 is 28.8 Å². The van der Waals surface area contributed by atoms with Crippen LogP contribution in [0.25, 0.3) is 11.0 Å². The molecular weight excluding hydrogens is 426 g/mol. The molecule has 170 valence electrons. The predicted molar refractivity (Wildman–Crippen MR) is 119 cm³/mol. The summed E-state index contributed by atoms with van der Waals surface area (Å²) in [4.78, 5) is 51.0. The highest BCUT2D eigenvalue weighted by Crippen LogP contribution is 2.26. The summed E-state index contributed by atoms with van der Waals surface area (Å²) in [6, 6.07) is 9.32. The first-order valence-electron chi connectivity index (χ1n) is 10.5. The number of amides is 2. The predicted octanol–water partition coefficient (Wildman–Crippen LogP) is 3.40. The minimum atomic E-state index is -0.666. The van der Waals surface area contributed by atoms with E-state index in [2.05, 4.69) is 0 Å². The first kappa shape index (κ1) is 22.4. The number of methoxy groups -OCH3 is 1. The minimum Gasteiger partial charge on any atom is -0.457 e. The molecule has 0 unspecified atom stereocenters. The van der Waals surface area contributed by atoms with E-state index in [0.717, 1.165) is 16.0 Å². The second kappa shape index (κ2) is 8.99. The van der Waals surface area contributed by atoms with Gasteiger partial charge in [-0.3, -0.25) is 14.5 Å². The van der Waals surface area contributed by atoms with Crippen LogP contribution in [0, 0.1) is 13.8 Å². The molecule has 1 aliphatic rings. The Kier molecular flexibility index (Phi) is 6.11. The van der Waals surface area contributed by atoms with Crippen molar-refractivity contribution in [2.24, 2.45) is 0 Å². The molecule has 8 nitrogen and oxygen atoms in total. The Balaban J connectivity index is 1.54. The SMILES string of the molecule is COCCCN1C(=O)c2ccc(C(=O)OCc3cc(=O)oc4c(C)c(C)ccc34)cc2C1=O. The first-order chi connectivity index (χ1) is 15.8. The molecule has 2 heterocycles. The Hall–Kier alpha value is -3.78. The van der Waals surface area contributed by atoms with Crippen molar-refractivity contribution in [1.29, 1.82) is 0 Å². The summed E-state index contributed by atoms with van der Waals surface area (Å²) in [6.07, 6.45) is 0.523. The zero-order chi connectivity index (χ0) is 23.7. The van der Waals surface area contributed by atoms with Gasteiger partial charge in [-0.25, -0.2) is 9.59 Å². The molecule has 0 bridgehead atoms. The fourth-order valence-corrected chi connectivity index (χ4v) is 3.86. The number of imide groups is 1. The molecule has 0 fully saturated rings. The van der Waals surface area contributed by atoms with E-state index in [9.17, 15) is 19.2 Å². The fraction of sp³-hybridized carbons (Fsp3) is 0.280. The van der Waals surface area contributed by atoms with E-state index in [0.29, 0.717) is 29.6 Å². The summed E-state index contributed by atoms with van der Waals surface area (Å²) in [5, 5.41) is 0.687. The second-order valence-corrected chi connectivity index (χ2v) is 7.92. The second-order valence-electron chi connectivity index (χ2n) is 7.92. The lowest BCUT2D eigenvalue weighted by atomic mass is 10.0. The average Bonchev–Trinajstić information content (AvgIpc) is 3.04. The maximum atomic E-state index is 12.7. The van der Waals surface area contributed by atoms with Gasteiger partial charge >= 0.3 is 11.6 Å². The molecule has 8 heteroatoms. The number of carbonyl (C=O) groups is 3. The molecule has 2 aromatic carbocycles. The molecule has 1 aliphatic heterocycles. The Morgan fingerprint density at radius 2 is 1.76 bits per heavy atom. The van der Waals surface area contributed by atoms with Crippen molar-refractivity contribution in [3.05, 3.63) is 80.2 Å². The van der Waals surface area contributed by atoms with E-state index in [1.54, 1.807) is 7.11 Å². The van der Waals surface area contributed by atoms with Gasteiger partial charge in [0.2, 0.25) is 0 Å². The van der Waals surface area contributed by atoms with Gasteiger partial charge in [-0.1, -0.05) is 12.1 Å². The van der Waals surface area contributed by atoms with Crippen LogP contribution in [-0.2, 0) is 16.1 Å². The maximum absolute atomic E-state index is 12.7. The Morgan fingerprint density at radius 3 is 2.52 bits per heavy atom. The number of carbonyl (C=O) groups excluding carboxylic acids is 3. The zero-order valence-corrected chi connectivity index (χ0v) is 18.6. The monoisotopic (exact) mass is 449 g/mol. The highest BCUT2D eigenvalue weighted by Gasteiger charge is 2.35. The molecule has 0 spiro atoms. The van der Waals surface area contributed by atoms with Crippen LogP contribution in [-0.4, -0.2) is 42.9 Å². The summed E-state index contributed by atoms with van der Waals surface area (Å²) in [5.41, 5.74) is 2.85. The normalized spacial score (nSPS) is 13.0. The van der Waals surface area contributed by atoms with Gasteiger partial charge in [-0.05, 0) is 49.6 Å². The van der Waals surface area contributed by atoms with Gasteiger partial charge in [0.15, 0.2) is 0 Å². The highest BCUT2D eigenvalue weighted by molar-refractivity contribution is 6.21. The average molecular weight is 449 g/mol. The smallest absolute Gasteiger partial charge is 0.338 e. The molecule has 4 rings (SSSR count). The van der Waals surface area contributed by atoms with Gasteiger partial charge < -0.3 is 13.9 Å². The van der Waals surface area contributed by atoms with Crippen molar-refractivity contribution in [2.75, 3.05) is 20.3 Å². The van der Waals surface area contributed by atoms with E-state index in [4.69, 9.17) is 13.9 Å². The van der Waals surface area contributed by atoms with Gasteiger partial charge in [-0.2, -0.15) is 0 Å². The third kappa shape index (κ3) is 4.17. The van der Waals surface area contributed by atoms with Crippen molar-refractivity contribution in [3.8, 4) is 0 Å². The number of benzene rings is 2. The number of rotatable bonds is 7. The van der Waals surface area contributed by atoms with E-state index < -0.39 is 17.5 Å². The molecule has 0 radical (unpaired) electrons. The minimum absolute atomic E-state index is 0.142. The van der Waals surface area contributed by atoms with E-state index >= 15 is 0 Å². The summed E-state index contributed by atoms with van der Waals surface area (Å²) < 4.78 is 15.7. The number of esters is 1. The number of hydrogen-bond acceptors (Lipinski definition) is 7. The number of ether oxygens (including phenoxy) is 2. The highest BCUT2D eigenvalue weighted by atomic mass is 16.5. The third-order valence-electron chi connectivity index (χ3n) is 5.81. The summed E-state index contributed by atoms with van der Waals surface area (Å²) in [5.74, 6) is -1.50. The van der Waals surface area contributed by atoms with Crippen LogP contribution in [0.3, 0.4) is 0 Å². The van der Waals surface area contributed by atoms with Gasteiger partial charge in [0.25, 0.3) is 11.8 Å². The molecule has 33 heavy (non-hydrogen) atoms. The van der Waals surface area contributed by atoms with Crippen molar-refractivity contribution < 1.29 is 28.3 Å². The lowest BCUT2D eigenvalue weighted by molar-refractivity contribution is 0.0473. The van der Waals surface area contributed by atoms with Gasteiger partial charge in [-0.15, -0.1) is 0 Å². The van der Waals surface area contributed by atoms with Crippen LogP contribution < -0.4 is 5.63 Å². The summed E-state index contributed by atoms with van der Waals surface area (Å²) in [7, 11) is 1.55. The number of hydrogen-bond donors (Lipinski definition) is 0. The van der Waals surface area contributed by atoms with Crippen LogP contribution in [0.5, 0.6) is 0 Å². The molecule has 0 atom stereocenters. The van der Waals surface area contributed by atoms with Crippen LogP contribution >= 0.6 is 0 Å². The van der Waals surface area contributed by atoms with Gasteiger partial charge in [0, 0.05) is 37.3 Å². The molecule has 0 aliphatic carbocycles. The molecule has 0 saturated heterocycles. The molecule has 2 amide bonds. The maximum Gasteiger partial charge on any atom is 0.338 e. The van der Waals surface area contributed by atoms with Crippen LogP contribution in [0.15, 0.2) is 45.6 Å². The Morgan fingerprint density at radius 1 is 1.00 bits per heavy atom. The van der Waals surface area contributed by atoms with E-state index in [-0.39, 0.29) is 35.7 Å². The number of nitrogens with zero attached hydrogens (tertiary/aromatic N) is 1. The quantitative estimate of drug-likeness (QED) is 0.236. The standard InChI is InChI=1S/C25H23NO7/c1-14-5-7-18-17(12-21(27)33-22(18)15(14)2)13-32-25(30)16-6-8-19-20(11-16)24(29)26(23(19)28)9-4-10-31-3/h5-8,11-12H,4,9-10,13H2,1-3H3. The zero-order valence-electron chi connectivity index (χ0n) is 18.6. The molecule has 0 N–H and O–H groups in total. The van der Waals surface area contributed by atoms with Crippen molar-refractivity contribution in [2.45, 2.75) is 26.9 Å². The van der Waals surface area contributed by atoms with Crippen LogP contribution in [0.4, 0.5) is 0 Å². The number of aryl methyl sites for hydroxylation is 2. The molecular formula is C25H23NO7. The van der Waals surface area contributed by atoms with E-state index in [1.165, 1.54) is 24.3 Å². The van der Waals surface area contributed by atoms with Gasteiger partial charge in [0.05, 0.1) is 16.7 Å². The van der Waals surface area contributed by atoms with Crippen molar-refractivity contribution in [1.82, 2.24) is 4.90 Å².